The van der Waals surface area contributed by atoms with Gasteiger partial charge in [0.2, 0.25) is 0 Å². The first-order chi connectivity index (χ1) is 12.8. The Morgan fingerprint density at radius 3 is 2.44 bits per heavy atom. The number of aryl methyl sites for hydroxylation is 1. The van der Waals surface area contributed by atoms with Gasteiger partial charge in [-0.3, -0.25) is 10.2 Å². The fourth-order valence-electron chi connectivity index (χ4n) is 2.25. The van der Waals surface area contributed by atoms with Crippen molar-refractivity contribution in [3.63, 3.8) is 0 Å². The lowest BCUT2D eigenvalue weighted by Crippen LogP contribution is -2.41. The van der Waals surface area contributed by atoms with E-state index in [-0.39, 0.29) is 10.7 Å². The Kier molecular flexibility index (Phi) is 5.75. The maximum absolute atomic E-state index is 13.0. The van der Waals surface area contributed by atoms with Crippen molar-refractivity contribution in [3.05, 3.63) is 75.3 Å². The van der Waals surface area contributed by atoms with Crippen LogP contribution in [0.5, 0.6) is 0 Å². The minimum Gasteiger partial charge on any atom is -0.273 e. The Bertz CT molecular complexity index is 1100. The van der Waals surface area contributed by atoms with Crippen LogP contribution in [0.1, 0.15) is 15.2 Å². The van der Waals surface area contributed by atoms with Crippen LogP contribution in [0.3, 0.4) is 0 Å². The van der Waals surface area contributed by atoms with Crippen LogP contribution in [0.25, 0.3) is 10.4 Å². The molecule has 2 N–H and O–H groups in total. The van der Waals surface area contributed by atoms with Crippen molar-refractivity contribution in [1.29, 1.82) is 0 Å². The molecule has 0 radical (unpaired) electrons. The maximum atomic E-state index is 13.0. The van der Waals surface area contributed by atoms with Gasteiger partial charge in [0.05, 0.1) is 9.77 Å². The Balaban J connectivity index is 1.70. The molecule has 0 spiro atoms. The third kappa shape index (κ3) is 4.62. The molecule has 0 atom stereocenters. The van der Waals surface area contributed by atoms with E-state index in [0.29, 0.717) is 4.88 Å². The fourth-order valence-corrected chi connectivity index (χ4v) is 4.33. The maximum Gasteiger partial charge on any atom is 0.276 e. The zero-order chi connectivity index (χ0) is 19.6. The van der Waals surface area contributed by atoms with Crippen LogP contribution in [0.2, 0.25) is 0 Å². The lowest BCUT2D eigenvalue weighted by atomic mass is 10.2. The highest BCUT2D eigenvalue weighted by Crippen LogP contribution is 2.28. The van der Waals surface area contributed by atoms with E-state index in [1.165, 1.54) is 35.6 Å². The largest absolute Gasteiger partial charge is 0.276 e. The number of halogens is 2. The molecule has 1 heterocycles. The second-order valence-corrected chi connectivity index (χ2v) is 9.26. The van der Waals surface area contributed by atoms with E-state index >= 15 is 0 Å². The third-order valence-corrected chi connectivity index (χ3v) is 6.97. The minimum atomic E-state index is -3.89. The number of carbonyl (C=O) groups is 1. The molecule has 0 saturated carbocycles. The molecule has 0 aliphatic carbocycles. The van der Waals surface area contributed by atoms with E-state index in [1.807, 2.05) is 0 Å². The Morgan fingerprint density at radius 1 is 1.07 bits per heavy atom. The summed E-state index contributed by atoms with van der Waals surface area (Å²) in [5, 5.41) is 0. The third-order valence-electron chi connectivity index (χ3n) is 3.70. The molecule has 5 nitrogen and oxygen atoms in total. The standard InChI is InChI=1S/C18H14BrFN2O3S2/c1-11-10-14(6-7-15(11)19)27(24,25)22-21-18(23)17-9-8-16(26-17)12-2-4-13(20)5-3-12/h2-10,22H,1H3,(H,21,23). The summed E-state index contributed by atoms with van der Waals surface area (Å²) in [4.78, 5) is 15.5. The van der Waals surface area contributed by atoms with E-state index in [9.17, 15) is 17.6 Å². The molecule has 0 saturated heterocycles. The van der Waals surface area contributed by atoms with Crippen molar-refractivity contribution in [1.82, 2.24) is 10.3 Å². The number of thiophene rings is 1. The molecule has 0 aliphatic heterocycles. The van der Waals surface area contributed by atoms with E-state index in [1.54, 1.807) is 37.3 Å². The average molecular weight is 469 g/mol. The van der Waals surface area contributed by atoms with Crippen LogP contribution >= 0.6 is 27.3 Å². The fraction of sp³-hybridized carbons (Fsp3) is 0.0556. The van der Waals surface area contributed by atoms with E-state index in [0.717, 1.165) is 20.5 Å². The number of nitrogens with one attached hydrogen (secondary N) is 2. The molecular formula is C18H14BrFN2O3S2. The monoisotopic (exact) mass is 468 g/mol. The first kappa shape index (κ1) is 19.7. The molecule has 3 rings (SSSR count). The average Bonchev–Trinajstić information content (AvgIpc) is 3.13. The molecule has 140 valence electrons. The van der Waals surface area contributed by atoms with Crippen molar-refractivity contribution >= 4 is 43.2 Å². The van der Waals surface area contributed by atoms with Gasteiger partial charge in [0, 0.05) is 9.35 Å². The van der Waals surface area contributed by atoms with Gasteiger partial charge >= 0.3 is 0 Å². The van der Waals surface area contributed by atoms with Gasteiger partial charge in [0.25, 0.3) is 15.9 Å². The molecule has 3 aromatic rings. The van der Waals surface area contributed by atoms with Gasteiger partial charge in [-0.15, -0.1) is 16.2 Å². The molecule has 2 aromatic carbocycles. The Morgan fingerprint density at radius 2 is 1.78 bits per heavy atom. The first-order valence-electron chi connectivity index (χ1n) is 7.70. The van der Waals surface area contributed by atoms with Crippen LogP contribution < -0.4 is 10.3 Å². The lowest BCUT2D eigenvalue weighted by Gasteiger charge is -2.09. The van der Waals surface area contributed by atoms with Gasteiger partial charge in [-0.25, -0.2) is 12.8 Å². The van der Waals surface area contributed by atoms with Gasteiger partial charge < -0.3 is 0 Å². The summed E-state index contributed by atoms with van der Waals surface area (Å²) in [6.07, 6.45) is 0. The smallest absolute Gasteiger partial charge is 0.273 e. The van der Waals surface area contributed by atoms with Gasteiger partial charge in [-0.2, -0.15) is 0 Å². The van der Waals surface area contributed by atoms with Crippen molar-refractivity contribution < 1.29 is 17.6 Å². The molecule has 27 heavy (non-hydrogen) atoms. The number of hydrogen-bond donors (Lipinski definition) is 2. The second kappa shape index (κ2) is 7.89. The molecule has 0 fully saturated rings. The van der Waals surface area contributed by atoms with Crippen LogP contribution in [-0.4, -0.2) is 14.3 Å². The molecule has 0 bridgehead atoms. The zero-order valence-electron chi connectivity index (χ0n) is 14.0. The Hall–Kier alpha value is -2.07. The summed E-state index contributed by atoms with van der Waals surface area (Å²) in [5.41, 5.74) is 3.73. The van der Waals surface area contributed by atoms with Crippen LogP contribution in [0.4, 0.5) is 4.39 Å². The number of carbonyl (C=O) groups excluding carboxylic acids is 1. The van der Waals surface area contributed by atoms with Crippen molar-refractivity contribution in [3.8, 4) is 10.4 Å². The van der Waals surface area contributed by atoms with Gasteiger partial charge in [0.1, 0.15) is 5.82 Å². The molecule has 0 unspecified atom stereocenters. The van der Waals surface area contributed by atoms with E-state index in [2.05, 4.69) is 26.2 Å². The Labute approximate surface area is 168 Å². The highest BCUT2D eigenvalue weighted by molar-refractivity contribution is 9.10. The number of benzene rings is 2. The van der Waals surface area contributed by atoms with Crippen LogP contribution in [0, 0.1) is 12.7 Å². The van der Waals surface area contributed by atoms with Crippen molar-refractivity contribution in [2.75, 3.05) is 0 Å². The number of rotatable bonds is 5. The zero-order valence-corrected chi connectivity index (χ0v) is 17.2. The van der Waals surface area contributed by atoms with Crippen LogP contribution in [-0.2, 0) is 10.0 Å². The lowest BCUT2D eigenvalue weighted by molar-refractivity contribution is 0.0949. The topological polar surface area (TPSA) is 75.3 Å². The molecule has 0 aliphatic rings. The number of hydrazine groups is 1. The normalized spacial score (nSPS) is 11.4. The summed E-state index contributed by atoms with van der Waals surface area (Å²) in [6, 6.07) is 13.8. The van der Waals surface area contributed by atoms with Gasteiger partial charge in [-0.05, 0) is 60.5 Å². The summed E-state index contributed by atoms with van der Waals surface area (Å²) in [6.45, 7) is 1.77. The summed E-state index contributed by atoms with van der Waals surface area (Å²) in [5.74, 6) is -0.920. The van der Waals surface area contributed by atoms with Crippen molar-refractivity contribution in [2.24, 2.45) is 0 Å². The molecule has 9 heteroatoms. The number of hydrogen-bond acceptors (Lipinski definition) is 4. The quantitative estimate of drug-likeness (QED) is 0.549. The first-order valence-corrected chi connectivity index (χ1v) is 10.8. The van der Waals surface area contributed by atoms with Crippen LogP contribution in [0.15, 0.2) is 64.0 Å². The highest BCUT2D eigenvalue weighted by Gasteiger charge is 2.17. The number of sulfonamides is 1. The van der Waals surface area contributed by atoms with E-state index < -0.39 is 15.9 Å². The summed E-state index contributed by atoms with van der Waals surface area (Å²) in [7, 11) is -3.89. The predicted molar refractivity (Wildman–Crippen MR) is 106 cm³/mol. The SMILES string of the molecule is Cc1cc(S(=O)(=O)NNC(=O)c2ccc(-c3ccc(F)cc3)s2)ccc1Br. The predicted octanol–water partition coefficient (Wildman–Crippen LogP) is 4.25. The van der Waals surface area contributed by atoms with Gasteiger partial charge in [-0.1, -0.05) is 28.1 Å². The summed E-state index contributed by atoms with van der Waals surface area (Å²) < 4.78 is 38.4. The van der Waals surface area contributed by atoms with Crippen molar-refractivity contribution in [2.45, 2.75) is 11.8 Å². The highest BCUT2D eigenvalue weighted by atomic mass is 79.9. The number of amides is 1. The molecule has 1 amide bonds. The minimum absolute atomic E-state index is 0.0432. The molecule has 1 aromatic heterocycles. The van der Waals surface area contributed by atoms with Gasteiger partial charge in [0.15, 0.2) is 0 Å². The van der Waals surface area contributed by atoms with E-state index in [4.69, 9.17) is 0 Å². The molecular weight excluding hydrogens is 455 g/mol. The second-order valence-electron chi connectivity index (χ2n) is 5.64. The summed E-state index contributed by atoms with van der Waals surface area (Å²) >= 11 is 4.49.